The highest BCUT2D eigenvalue weighted by Crippen LogP contribution is 2.67. The van der Waals surface area contributed by atoms with Crippen molar-refractivity contribution in [3.05, 3.63) is 11.6 Å². The average Bonchev–Trinajstić information content (AvgIpc) is 3.58. The molecule has 1 heterocycles. The first-order valence-corrected chi connectivity index (χ1v) is 22.3. The summed E-state index contributed by atoms with van der Waals surface area (Å²) >= 11 is 0. The van der Waals surface area contributed by atoms with Crippen LogP contribution in [-0.2, 0) is 28.5 Å². The Morgan fingerprint density at radius 3 is 2.35 bits per heavy atom. The summed E-state index contributed by atoms with van der Waals surface area (Å²) in [5, 5.41) is 83.8. The average molecular weight is 858 g/mol. The summed E-state index contributed by atoms with van der Waals surface area (Å²) in [7, 11) is 1.37. The maximum atomic E-state index is 13.1. The highest BCUT2D eigenvalue weighted by molar-refractivity contribution is 5.81. The quantitative estimate of drug-likeness (QED) is 0.0665. The lowest BCUT2D eigenvalue weighted by Gasteiger charge is -2.58. The number of fused-ring (bicyclic) bond motifs is 5. The van der Waals surface area contributed by atoms with Gasteiger partial charge in [-0.3, -0.25) is 4.79 Å². The standard InChI is InChI=1S/C44H75NO15/c1-23(2)8-7-9-24(3)29-12-13-30-28-11-10-25-18-26(14-16-43(25,4)31(28)15-17-44(29,30)5)57-42(55)58-27(22-56-6)19-45-40(54)37(52)36(51)39(32(48)20-46)60-41-38(53)35(50)34(49)33(21-47)59-41/h10,23-24,26-39,41,46-53H,7-9,11-22H2,1-6H3,(H,45,54)/t24-,26?,27?,28+,29-,30+,31+,32?,33?,34-,35-,36?,37?,38?,39?,41-,43+,44-/m0/s1. The van der Waals surface area contributed by atoms with Crippen molar-refractivity contribution in [2.24, 2.45) is 46.3 Å². The van der Waals surface area contributed by atoms with Gasteiger partial charge in [0.1, 0.15) is 54.9 Å². The molecule has 5 aliphatic rings. The van der Waals surface area contributed by atoms with E-state index in [4.69, 9.17) is 23.7 Å². The van der Waals surface area contributed by atoms with Crippen LogP contribution in [0, 0.1) is 46.3 Å². The van der Waals surface area contributed by atoms with Gasteiger partial charge in [-0.05, 0) is 91.3 Å². The maximum Gasteiger partial charge on any atom is 0.508 e. The Kier molecular flexibility index (Phi) is 17.3. The third kappa shape index (κ3) is 10.7. The van der Waals surface area contributed by atoms with Crippen LogP contribution >= 0.6 is 0 Å². The zero-order valence-corrected chi connectivity index (χ0v) is 36.4. The lowest BCUT2D eigenvalue weighted by Crippen LogP contribution is -2.62. The van der Waals surface area contributed by atoms with Gasteiger partial charge in [-0.25, -0.2) is 4.79 Å². The maximum absolute atomic E-state index is 13.1. The zero-order valence-electron chi connectivity index (χ0n) is 36.4. The van der Waals surface area contributed by atoms with Crippen LogP contribution in [0.4, 0.5) is 4.79 Å². The first-order valence-electron chi connectivity index (χ1n) is 22.3. The lowest BCUT2D eigenvalue weighted by molar-refractivity contribution is -0.326. The summed E-state index contributed by atoms with van der Waals surface area (Å²) in [6.07, 6.45) is -4.63. The number of rotatable bonds is 19. The van der Waals surface area contributed by atoms with Crippen LogP contribution < -0.4 is 5.32 Å². The molecule has 0 aromatic heterocycles. The highest BCUT2D eigenvalue weighted by atomic mass is 16.7. The molecule has 16 heteroatoms. The smallest absolute Gasteiger partial charge is 0.431 e. The van der Waals surface area contributed by atoms with E-state index in [1.54, 1.807) is 0 Å². The predicted molar refractivity (Wildman–Crippen MR) is 217 cm³/mol. The molecule has 1 amide bonds. The van der Waals surface area contributed by atoms with E-state index >= 15 is 0 Å². The number of carbonyl (C=O) groups is 2. The fourth-order valence-electron chi connectivity index (χ4n) is 11.9. The third-order valence-electron chi connectivity index (χ3n) is 15.3. The van der Waals surface area contributed by atoms with Crippen LogP contribution in [0.3, 0.4) is 0 Å². The molecule has 4 fully saturated rings. The molecule has 3 saturated carbocycles. The van der Waals surface area contributed by atoms with Crippen molar-refractivity contribution in [2.45, 2.75) is 173 Å². The molecule has 0 spiro atoms. The Morgan fingerprint density at radius 2 is 1.68 bits per heavy atom. The molecule has 1 saturated heterocycles. The van der Waals surface area contributed by atoms with E-state index in [2.05, 4.69) is 46.0 Å². The van der Waals surface area contributed by atoms with Gasteiger partial charge in [0.2, 0.25) is 0 Å². The molecule has 8 unspecified atom stereocenters. The van der Waals surface area contributed by atoms with Gasteiger partial charge in [-0.1, -0.05) is 65.5 Å². The van der Waals surface area contributed by atoms with Crippen LogP contribution in [-0.4, -0.2) is 154 Å². The van der Waals surface area contributed by atoms with Crippen LogP contribution in [0.2, 0.25) is 0 Å². The molecule has 0 radical (unpaired) electrons. The monoisotopic (exact) mass is 858 g/mol. The topological polar surface area (TPSA) is 254 Å². The minimum atomic E-state index is -2.28. The number of hydrogen-bond donors (Lipinski definition) is 9. The van der Waals surface area contributed by atoms with Crippen molar-refractivity contribution in [2.75, 3.05) is 33.5 Å². The van der Waals surface area contributed by atoms with Crippen LogP contribution in [0.25, 0.3) is 0 Å². The fraction of sp³-hybridized carbons (Fsp3) is 0.909. The molecular formula is C44H75NO15. The van der Waals surface area contributed by atoms with Crippen molar-refractivity contribution in [3.8, 4) is 0 Å². The minimum absolute atomic E-state index is 0.0648. The summed E-state index contributed by atoms with van der Waals surface area (Å²) in [6, 6.07) is 0. The van der Waals surface area contributed by atoms with Crippen molar-refractivity contribution in [1.82, 2.24) is 5.32 Å². The van der Waals surface area contributed by atoms with Gasteiger partial charge in [0, 0.05) is 13.5 Å². The number of methoxy groups -OCH3 is 1. The molecular weight excluding hydrogens is 782 g/mol. The van der Waals surface area contributed by atoms with E-state index in [9.17, 15) is 50.4 Å². The Balaban J connectivity index is 1.12. The van der Waals surface area contributed by atoms with Gasteiger partial charge >= 0.3 is 6.16 Å². The molecule has 9 N–H and O–H groups in total. The Labute approximate surface area is 355 Å². The molecule has 5 rings (SSSR count). The summed E-state index contributed by atoms with van der Waals surface area (Å²) in [5.74, 6) is 3.17. The van der Waals surface area contributed by atoms with Gasteiger partial charge in [-0.2, -0.15) is 0 Å². The van der Waals surface area contributed by atoms with E-state index in [0.29, 0.717) is 30.1 Å². The number of allylic oxidation sites excluding steroid dienone is 1. The second kappa shape index (κ2) is 21.1. The van der Waals surface area contributed by atoms with E-state index < -0.39 is 86.5 Å². The molecule has 60 heavy (non-hydrogen) atoms. The van der Waals surface area contributed by atoms with Gasteiger partial charge in [0.15, 0.2) is 12.4 Å². The van der Waals surface area contributed by atoms with Gasteiger partial charge < -0.3 is 69.9 Å². The number of carbonyl (C=O) groups excluding carboxylic acids is 2. The molecule has 1 aliphatic heterocycles. The Bertz CT molecular complexity index is 1430. The molecule has 346 valence electrons. The van der Waals surface area contributed by atoms with Gasteiger partial charge in [-0.15, -0.1) is 0 Å². The molecule has 18 atom stereocenters. The number of amides is 1. The van der Waals surface area contributed by atoms with E-state index in [-0.39, 0.29) is 24.7 Å². The summed E-state index contributed by atoms with van der Waals surface area (Å²) in [4.78, 5) is 26.1. The van der Waals surface area contributed by atoms with Crippen LogP contribution in [0.1, 0.15) is 105 Å². The van der Waals surface area contributed by atoms with Gasteiger partial charge in [0.25, 0.3) is 5.91 Å². The van der Waals surface area contributed by atoms with Crippen molar-refractivity contribution < 1.29 is 74.1 Å². The van der Waals surface area contributed by atoms with Crippen LogP contribution in [0.5, 0.6) is 0 Å². The summed E-state index contributed by atoms with van der Waals surface area (Å²) in [5.41, 5.74) is 1.83. The molecule has 4 aliphatic carbocycles. The minimum Gasteiger partial charge on any atom is -0.431 e. The lowest BCUT2D eigenvalue weighted by atomic mass is 9.47. The first kappa shape index (κ1) is 49.1. The normalized spacial score (nSPS) is 38.3. The SMILES string of the molecule is COCC(CNC(=O)C(O)C(O)C(O[C@@H]1OC(CO)[C@H](O)[C@H](O)C1O)C(O)CO)OC(=O)OC1CC[C@]2(C)C(=CC[C@@H]3[C@H]4CC[C@@H]([C@@H](C)CCCC(C)C)[C@]4(C)CC[C@H]32)C1. The molecule has 0 aromatic carbocycles. The van der Waals surface area contributed by atoms with E-state index in [0.717, 1.165) is 36.5 Å². The largest absolute Gasteiger partial charge is 0.508 e. The van der Waals surface area contributed by atoms with Crippen LogP contribution in [0.15, 0.2) is 11.6 Å². The Morgan fingerprint density at radius 1 is 0.950 bits per heavy atom. The number of ether oxygens (including phenoxy) is 5. The van der Waals surface area contributed by atoms with E-state index in [1.165, 1.54) is 57.6 Å². The summed E-state index contributed by atoms with van der Waals surface area (Å²) < 4.78 is 27.2. The molecule has 16 nitrogen and oxygen atoms in total. The number of aliphatic hydroxyl groups excluding tert-OH is 8. The number of hydrogen-bond acceptors (Lipinski definition) is 15. The molecule has 0 bridgehead atoms. The second-order valence-corrected chi connectivity index (χ2v) is 19.4. The second-order valence-electron chi connectivity index (χ2n) is 19.4. The summed E-state index contributed by atoms with van der Waals surface area (Å²) in [6.45, 7) is 9.84. The van der Waals surface area contributed by atoms with Crippen molar-refractivity contribution >= 4 is 12.1 Å². The van der Waals surface area contributed by atoms with E-state index in [1.807, 2.05) is 0 Å². The Hall–Kier alpha value is -1.96. The third-order valence-corrected chi connectivity index (χ3v) is 15.3. The number of aliphatic hydroxyl groups is 8. The predicted octanol–water partition coefficient (Wildman–Crippen LogP) is 1.94. The highest BCUT2D eigenvalue weighted by Gasteiger charge is 2.59. The zero-order chi connectivity index (χ0) is 44.1. The number of nitrogens with one attached hydrogen (secondary N) is 1. The first-order chi connectivity index (χ1) is 28.4. The van der Waals surface area contributed by atoms with Crippen molar-refractivity contribution in [1.29, 1.82) is 0 Å². The fourth-order valence-corrected chi connectivity index (χ4v) is 11.9. The van der Waals surface area contributed by atoms with Gasteiger partial charge in [0.05, 0.1) is 26.4 Å². The molecule has 0 aromatic rings. The van der Waals surface area contributed by atoms with Crippen molar-refractivity contribution in [3.63, 3.8) is 0 Å².